The maximum atomic E-state index is 4.54. The standard InChI is InChI=1S/C12H16N2S2/c1-9-14-12(8-16-9)11(13-2)6-5-10-4-3-7-15-10/h3-4,7-8,11,13H,5-6H2,1-2H3. The summed E-state index contributed by atoms with van der Waals surface area (Å²) in [7, 11) is 2.01. The summed E-state index contributed by atoms with van der Waals surface area (Å²) in [5.74, 6) is 0. The second kappa shape index (κ2) is 5.57. The predicted octanol–water partition coefficient (Wildman–Crippen LogP) is 3.41. The Balaban J connectivity index is 1.96. The molecule has 0 aliphatic rings. The van der Waals surface area contributed by atoms with E-state index in [0.29, 0.717) is 6.04 Å². The number of nitrogens with one attached hydrogen (secondary N) is 1. The highest BCUT2D eigenvalue weighted by Gasteiger charge is 2.12. The van der Waals surface area contributed by atoms with Gasteiger partial charge in [-0.2, -0.15) is 0 Å². The number of thiophene rings is 1. The van der Waals surface area contributed by atoms with Crippen LogP contribution in [0.1, 0.15) is 28.0 Å². The molecular formula is C12H16N2S2. The first kappa shape index (κ1) is 11.8. The summed E-state index contributed by atoms with van der Waals surface area (Å²) in [6.07, 6.45) is 2.24. The monoisotopic (exact) mass is 252 g/mol. The van der Waals surface area contributed by atoms with Gasteiger partial charge < -0.3 is 5.32 Å². The molecule has 0 saturated heterocycles. The lowest BCUT2D eigenvalue weighted by atomic mass is 10.1. The molecule has 0 bridgehead atoms. The number of thiazole rings is 1. The van der Waals surface area contributed by atoms with E-state index in [1.165, 1.54) is 10.6 Å². The first-order valence-corrected chi connectivity index (χ1v) is 7.17. The van der Waals surface area contributed by atoms with Gasteiger partial charge in [0.25, 0.3) is 0 Å². The zero-order chi connectivity index (χ0) is 11.4. The van der Waals surface area contributed by atoms with Crippen LogP contribution >= 0.6 is 22.7 Å². The van der Waals surface area contributed by atoms with Gasteiger partial charge in [0.15, 0.2) is 0 Å². The van der Waals surface area contributed by atoms with Gasteiger partial charge in [-0.3, -0.25) is 0 Å². The summed E-state index contributed by atoms with van der Waals surface area (Å²) >= 11 is 3.55. The molecule has 1 unspecified atom stereocenters. The molecule has 0 spiro atoms. The number of nitrogens with zero attached hydrogens (tertiary/aromatic N) is 1. The maximum absolute atomic E-state index is 4.54. The van der Waals surface area contributed by atoms with Crippen molar-refractivity contribution in [1.82, 2.24) is 10.3 Å². The zero-order valence-corrected chi connectivity index (χ0v) is 11.2. The average molecular weight is 252 g/mol. The van der Waals surface area contributed by atoms with E-state index in [2.05, 4.69) is 40.1 Å². The normalized spacial score (nSPS) is 12.9. The first-order valence-electron chi connectivity index (χ1n) is 5.41. The van der Waals surface area contributed by atoms with Crippen LogP contribution in [0.5, 0.6) is 0 Å². The van der Waals surface area contributed by atoms with Gasteiger partial charge in [0.2, 0.25) is 0 Å². The molecule has 0 aromatic carbocycles. The minimum atomic E-state index is 0.382. The van der Waals surface area contributed by atoms with E-state index in [4.69, 9.17) is 0 Å². The molecule has 16 heavy (non-hydrogen) atoms. The van der Waals surface area contributed by atoms with Gasteiger partial charge in [0.05, 0.1) is 16.7 Å². The van der Waals surface area contributed by atoms with Crippen molar-refractivity contribution in [1.29, 1.82) is 0 Å². The quantitative estimate of drug-likeness (QED) is 0.882. The van der Waals surface area contributed by atoms with Crippen LogP contribution in [-0.4, -0.2) is 12.0 Å². The molecule has 1 N–H and O–H groups in total. The third-order valence-corrected chi connectivity index (χ3v) is 4.33. The first-order chi connectivity index (χ1) is 7.79. The molecule has 0 saturated carbocycles. The molecule has 0 radical (unpaired) electrons. The third kappa shape index (κ3) is 2.90. The van der Waals surface area contributed by atoms with E-state index >= 15 is 0 Å². The fourth-order valence-electron chi connectivity index (χ4n) is 1.72. The Hall–Kier alpha value is -0.710. The molecule has 0 aliphatic carbocycles. The molecule has 2 aromatic heterocycles. The summed E-state index contributed by atoms with van der Waals surface area (Å²) < 4.78 is 0. The van der Waals surface area contributed by atoms with Crippen LogP contribution in [0.4, 0.5) is 0 Å². The minimum Gasteiger partial charge on any atom is -0.312 e. The molecule has 4 heteroatoms. The van der Waals surface area contributed by atoms with Gasteiger partial charge in [-0.15, -0.1) is 22.7 Å². The number of rotatable bonds is 5. The van der Waals surface area contributed by atoms with Crippen molar-refractivity contribution in [3.63, 3.8) is 0 Å². The van der Waals surface area contributed by atoms with E-state index in [9.17, 15) is 0 Å². The topological polar surface area (TPSA) is 24.9 Å². The van der Waals surface area contributed by atoms with Crippen molar-refractivity contribution in [3.05, 3.63) is 38.5 Å². The Morgan fingerprint density at radius 3 is 2.88 bits per heavy atom. The van der Waals surface area contributed by atoms with E-state index in [1.54, 1.807) is 11.3 Å². The molecular weight excluding hydrogens is 236 g/mol. The van der Waals surface area contributed by atoms with Crippen LogP contribution in [0.25, 0.3) is 0 Å². The Morgan fingerprint density at radius 1 is 1.44 bits per heavy atom. The molecule has 1 atom stereocenters. The van der Waals surface area contributed by atoms with Gasteiger partial charge in [0, 0.05) is 10.3 Å². The van der Waals surface area contributed by atoms with Crippen LogP contribution in [-0.2, 0) is 6.42 Å². The van der Waals surface area contributed by atoms with Crippen molar-refractivity contribution in [2.24, 2.45) is 0 Å². The van der Waals surface area contributed by atoms with Gasteiger partial charge in [0.1, 0.15) is 0 Å². The van der Waals surface area contributed by atoms with Crippen LogP contribution in [0.2, 0.25) is 0 Å². The second-order valence-electron chi connectivity index (χ2n) is 3.75. The van der Waals surface area contributed by atoms with Crippen LogP contribution in [0.15, 0.2) is 22.9 Å². The summed E-state index contributed by atoms with van der Waals surface area (Å²) in [6.45, 7) is 2.06. The Kier molecular flexibility index (Phi) is 4.09. The molecule has 2 aromatic rings. The summed E-state index contributed by atoms with van der Waals surface area (Å²) in [5.41, 5.74) is 1.18. The Labute approximate surface area is 104 Å². The van der Waals surface area contributed by atoms with Crippen molar-refractivity contribution in [3.8, 4) is 0 Å². The third-order valence-electron chi connectivity index (χ3n) is 2.60. The van der Waals surface area contributed by atoms with Crippen molar-refractivity contribution in [2.45, 2.75) is 25.8 Å². The fraction of sp³-hybridized carbons (Fsp3) is 0.417. The lowest BCUT2D eigenvalue weighted by Crippen LogP contribution is -2.17. The number of aromatic nitrogens is 1. The van der Waals surface area contributed by atoms with Crippen molar-refractivity contribution < 1.29 is 0 Å². The van der Waals surface area contributed by atoms with Crippen molar-refractivity contribution in [2.75, 3.05) is 7.05 Å². The predicted molar refractivity (Wildman–Crippen MR) is 71.3 cm³/mol. The van der Waals surface area contributed by atoms with Gasteiger partial charge >= 0.3 is 0 Å². The largest absolute Gasteiger partial charge is 0.312 e. The van der Waals surface area contributed by atoms with Crippen LogP contribution in [0, 0.1) is 6.92 Å². The number of hydrogen-bond donors (Lipinski definition) is 1. The van der Waals surface area contributed by atoms with Gasteiger partial charge in [-0.25, -0.2) is 4.98 Å². The van der Waals surface area contributed by atoms with Crippen molar-refractivity contribution >= 4 is 22.7 Å². The highest BCUT2D eigenvalue weighted by atomic mass is 32.1. The highest BCUT2D eigenvalue weighted by molar-refractivity contribution is 7.10. The molecule has 2 rings (SSSR count). The molecule has 0 aliphatic heterocycles. The lowest BCUT2D eigenvalue weighted by molar-refractivity contribution is 0.540. The SMILES string of the molecule is CNC(CCc1cccs1)c1csc(C)n1. The smallest absolute Gasteiger partial charge is 0.0898 e. The highest BCUT2D eigenvalue weighted by Crippen LogP contribution is 2.22. The van der Waals surface area contributed by atoms with Crippen LogP contribution < -0.4 is 5.32 Å². The molecule has 0 amide bonds. The maximum Gasteiger partial charge on any atom is 0.0898 e. The molecule has 2 heterocycles. The Morgan fingerprint density at radius 2 is 2.31 bits per heavy atom. The number of hydrogen-bond acceptors (Lipinski definition) is 4. The average Bonchev–Trinajstić information content (AvgIpc) is 2.91. The molecule has 0 fully saturated rings. The summed E-state index contributed by atoms with van der Waals surface area (Å²) in [6, 6.07) is 4.69. The van der Waals surface area contributed by atoms with Gasteiger partial charge in [-0.1, -0.05) is 6.07 Å². The summed E-state index contributed by atoms with van der Waals surface area (Å²) in [4.78, 5) is 5.99. The zero-order valence-electron chi connectivity index (χ0n) is 9.56. The molecule has 86 valence electrons. The van der Waals surface area contributed by atoms with Gasteiger partial charge in [-0.05, 0) is 38.3 Å². The fourth-order valence-corrected chi connectivity index (χ4v) is 3.11. The summed E-state index contributed by atoms with van der Waals surface area (Å²) in [5, 5.41) is 8.78. The molecule has 2 nitrogen and oxygen atoms in total. The van der Waals surface area contributed by atoms with E-state index < -0.39 is 0 Å². The van der Waals surface area contributed by atoms with Crippen LogP contribution in [0.3, 0.4) is 0 Å². The Bertz CT molecular complexity index is 420. The van der Waals surface area contributed by atoms with E-state index in [1.807, 2.05) is 18.4 Å². The van der Waals surface area contributed by atoms with E-state index in [-0.39, 0.29) is 0 Å². The number of aryl methyl sites for hydroxylation is 2. The lowest BCUT2D eigenvalue weighted by Gasteiger charge is -2.12. The van der Waals surface area contributed by atoms with E-state index in [0.717, 1.165) is 17.8 Å². The second-order valence-corrected chi connectivity index (χ2v) is 5.85. The minimum absolute atomic E-state index is 0.382.